The normalized spacial score (nSPS) is 11.3. The summed E-state index contributed by atoms with van der Waals surface area (Å²) < 4.78 is 0. The molecule has 0 bridgehead atoms. The van der Waals surface area contributed by atoms with Crippen molar-refractivity contribution in [3.63, 3.8) is 0 Å². The number of halogens is 1. The molecule has 5 nitrogen and oxygen atoms in total. The van der Waals surface area contributed by atoms with Gasteiger partial charge in [0.1, 0.15) is 0 Å². The van der Waals surface area contributed by atoms with E-state index in [0.717, 1.165) is 0 Å². The zero-order chi connectivity index (χ0) is 7.44. The fourth-order valence-electron chi connectivity index (χ4n) is 0.289. The predicted molar refractivity (Wildman–Crippen MR) is 36.7 cm³/mol. The lowest BCUT2D eigenvalue weighted by Crippen LogP contribution is -2.38. The molecule has 0 aromatic rings. The lowest BCUT2D eigenvalue weighted by molar-refractivity contribution is -0.139. The summed E-state index contributed by atoms with van der Waals surface area (Å²) in [6, 6.07) is -1.07. The highest BCUT2D eigenvalue weighted by molar-refractivity contribution is 5.85. The van der Waals surface area contributed by atoms with Gasteiger partial charge in [0.2, 0.25) is 5.91 Å². The van der Waals surface area contributed by atoms with Crippen LogP contribution in [0, 0.1) is 0 Å². The molecule has 60 valence electrons. The summed E-state index contributed by atoms with van der Waals surface area (Å²) in [6.45, 7) is 0. The monoisotopic (exact) mass is 168 g/mol. The third-order valence-corrected chi connectivity index (χ3v) is 0.760. The Balaban J connectivity index is 0. The van der Waals surface area contributed by atoms with Crippen LogP contribution >= 0.6 is 12.4 Å². The zero-order valence-electron chi connectivity index (χ0n) is 5.11. The van der Waals surface area contributed by atoms with Gasteiger partial charge in [0.05, 0.1) is 12.5 Å². The van der Waals surface area contributed by atoms with E-state index in [1.54, 1.807) is 0 Å². The van der Waals surface area contributed by atoms with Crippen molar-refractivity contribution < 1.29 is 14.7 Å². The van der Waals surface area contributed by atoms with Crippen molar-refractivity contribution in [1.29, 1.82) is 0 Å². The summed E-state index contributed by atoms with van der Waals surface area (Å²) in [5.74, 6) is -1.92. The fourth-order valence-corrected chi connectivity index (χ4v) is 0.289. The van der Waals surface area contributed by atoms with Gasteiger partial charge in [-0.25, -0.2) is 0 Å². The quantitative estimate of drug-likeness (QED) is 0.487. The number of rotatable bonds is 3. The summed E-state index contributed by atoms with van der Waals surface area (Å²) in [7, 11) is 0. The molecule has 0 aliphatic rings. The van der Waals surface area contributed by atoms with Gasteiger partial charge in [-0.15, -0.1) is 12.4 Å². The van der Waals surface area contributed by atoms with Gasteiger partial charge in [-0.1, -0.05) is 0 Å². The summed E-state index contributed by atoms with van der Waals surface area (Å²) in [5.41, 5.74) is 9.62. The van der Waals surface area contributed by atoms with Gasteiger partial charge in [-0.2, -0.15) is 0 Å². The second-order valence-electron chi connectivity index (χ2n) is 1.61. The molecular formula is C4H9ClN2O3. The van der Waals surface area contributed by atoms with E-state index in [1.165, 1.54) is 0 Å². The highest BCUT2D eigenvalue weighted by Crippen LogP contribution is 1.84. The Kier molecular flexibility index (Phi) is 5.98. The standard InChI is InChI=1S/C4H8N2O3.ClH/c5-2(4(6)9)1-3(7)8;/h2H,1,5H2,(H2,6,9)(H,7,8);1H/t2-;/m0./s1. The van der Waals surface area contributed by atoms with E-state index < -0.39 is 24.3 Å². The van der Waals surface area contributed by atoms with Gasteiger partial charge < -0.3 is 16.6 Å². The highest BCUT2D eigenvalue weighted by atomic mass is 35.5. The maximum absolute atomic E-state index is 10.1. The second kappa shape index (κ2) is 5.01. The molecule has 6 heteroatoms. The molecule has 1 atom stereocenters. The minimum atomic E-state index is -1.12. The number of hydrogen-bond acceptors (Lipinski definition) is 3. The van der Waals surface area contributed by atoms with Crippen molar-refractivity contribution in [3.05, 3.63) is 0 Å². The minimum absolute atomic E-state index is 0. The van der Waals surface area contributed by atoms with Crippen LogP contribution in [-0.4, -0.2) is 23.0 Å². The third-order valence-electron chi connectivity index (χ3n) is 0.760. The lowest BCUT2D eigenvalue weighted by atomic mass is 10.2. The third kappa shape index (κ3) is 5.33. The van der Waals surface area contributed by atoms with Gasteiger partial charge >= 0.3 is 5.97 Å². The first-order valence-electron chi connectivity index (χ1n) is 2.30. The van der Waals surface area contributed by atoms with Crippen LogP contribution < -0.4 is 11.5 Å². The van der Waals surface area contributed by atoms with Crippen molar-refractivity contribution in [2.45, 2.75) is 12.5 Å². The Morgan fingerprint density at radius 2 is 1.90 bits per heavy atom. The molecule has 1 amide bonds. The maximum atomic E-state index is 10.1. The van der Waals surface area contributed by atoms with Crippen LogP contribution in [0.5, 0.6) is 0 Å². The molecule has 0 aliphatic heterocycles. The molecule has 0 saturated carbocycles. The van der Waals surface area contributed by atoms with Crippen molar-refractivity contribution in [2.75, 3.05) is 0 Å². The van der Waals surface area contributed by atoms with Crippen LogP contribution in [0.1, 0.15) is 6.42 Å². The van der Waals surface area contributed by atoms with Crippen LogP contribution in [0.2, 0.25) is 0 Å². The SMILES string of the molecule is Cl.NC(=O)[C@@H](N)CC(=O)O. The molecule has 0 aliphatic carbocycles. The molecule has 0 aromatic heterocycles. The largest absolute Gasteiger partial charge is 0.481 e. The number of carboxylic acid groups (broad SMARTS) is 1. The van der Waals surface area contributed by atoms with E-state index in [0.29, 0.717) is 0 Å². The summed E-state index contributed by atoms with van der Waals surface area (Å²) in [5, 5.41) is 8.04. The fraction of sp³-hybridized carbons (Fsp3) is 0.500. The Bertz CT molecular complexity index is 138. The van der Waals surface area contributed by atoms with Gasteiger partial charge in [-0.05, 0) is 0 Å². The molecule has 0 unspecified atom stereocenters. The molecule has 0 saturated heterocycles. The number of carboxylic acids is 1. The van der Waals surface area contributed by atoms with Crippen LogP contribution in [0.4, 0.5) is 0 Å². The number of amides is 1. The van der Waals surface area contributed by atoms with Crippen LogP contribution in [0.25, 0.3) is 0 Å². The molecular weight excluding hydrogens is 160 g/mol. The van der Waals surface area contributed by atoms with E-state index >= 15 is 0 Å². The molecule has 0 spiro atoms. The van der Waals surface area contributed by atoms with Gasteiger partial charge in [-0.3, -0.25) is 9.59 Å². The van der Waals surface area contributed by atoms with E-state index in [2.05, 4.69) is 5.73 Å². The first kappa shape index (κ1) is 11.9. The second-order valence-corrected chi connectivity index (χ2v) is 1.61. The van der Waals surface area contributed by atoms with E-state index in [9.17, 15) is 9.59 Å². The Hall–Kier alpha value is -0.810. The molecule has 0 fully saturated rings. The van der Waals surface area contributed by atoms with Crippen molar-refractivity contribution >= 4 is 24.3 Å². The van der Waals surface area contributed by atoms with E-state index in [4.69, 9.17) is 10.8 Å². The van der Waals surface area contributed by atoms with Crippen molar-refractivity contribution in [3.8, 4) is 0 Å². The van der Waals surface area contributed by atoms with Crippen LogP contribution in [0.3, 0.4) is 0 Å². The molecule has 5 N–H and O–H groups in total. The zero-order valence-corrected chi connectivity index (χ0v) is 5.93. The molecule has 0 heterocycles. The number of primary amides is 1. The van der Waals surface area contributed by atoms with Crippen molar-refractivity contribution in [1.82, 2.24) is 0 Å². The molecule has 0 rings (SSSR count). The number of nitrogens with two attached hydrogens (primary N) is 2. The van der Waals surface area contributed by atoms with Crippen LogP contribution in [-0.2, 0) is 9.59 Å². The van der Waals surface area contributed by atoms with Gasteiger partial charge in [0, 0.05) is 0 Å². The first-order valence-corrected chi connectivity index (χ1v) is 2.30. The highest BCUT2D eigenvalue weighted by Gasteiger charge is 2.12. The summed E-state index contributed by atoms with van der Waals surface area (Å²) in [6.07, 6.45) is -0.407. The Morgan fingerprint density at radius 1 is 1.50 bits per heavy atom. The topological polar surface area (TPSA) is 106 Å². The van der Waals surface area contributed by atoms with E-state index in [-0.39, 0.29) is 12.4 Å². The van der Waals surface area contributed by atoms with Gasteiger partial charge in [0.15, 0.2) is 0 Å². The Labute approximate surface area is 63.8 Å². The number of aliphatic carboxylic acids is 1. The smallest absolute Gasteiger partial charge is 0.305 e. The lowest BCUT2D eigenvalue weighted by Gasteiger charge is -2.00. The first-order chi connectivity index (χ1) is 4.04. The van der Waals surface area contributed by atoms with Crippen molar-refractivity contribution in [2.24, 2.45) is 11.5 Å². The number of hydrogen-bond donors (Lipinski definition) is 3. The Morgan fingerprint density at radius 3 is 2.00 bits per heavy atom. The molecule has 0 aromatic carbocycles. The summed E-state index contributed by atoms with van der Waals surface area (Å²) >= 11 is 0. The maximum Gasteiger partial charge on any atom is 0.305 e. The summed E-state index contributed by atoms with van der Waals surface area (Å²) in [4.78, 5) is 19.9. The molecule has 10 heavy (non-hydrogen) atoms. The number of carbonyl (C=O) groups excluding carboxylic acids is 1. The average molecular weight is 169 g/mol. The van der Waals surface area contributed by atoms with Gasteiger partial charge in [0.25, 0.3) is 0 Å². The average Bonchev–Trinajstić information content (AvgIpc) is 1.63. The number of carbonyl (C=O) groups is 2. The van der Waals surface area contributed by atoms with E-state index in [1.807, 2.05) is 0 Å². The molecule has 0 radical (unpaired) electrons. The minimum Gasteiger partial charge on any atom is -0.481 e. The predicted octanol–water partition coefficient (Wildman–Crippen LogP) is -1.30. The van der Waals surface area contributed by atoms with Crippen LogP contribution in [0.15, 0.2) is 0 Å².